The Morgan fingerprint density at radius 1 is 1.56 bits per heavy atom. The number of nitrogens with two attached hydrogens (primary N) is 1. The zero-order valence-corrected chi connectivity index (χ0v) is 9.88. The van der Waals surface area contributed by atoms with Gasteiger partial charge in [-0.05, 0) is 18.2 Å². The SMILES string of the molecule is COc1ccc(Cl)cc1CC(=O)NCCN. The minimum absolute atomic E-state index is 0.0917. The molecule has 1 aromatic carbocycles. The second-order valence-electron chi connectivity index (χ2n) is 3.27. The molecule has 0 fully saturated rings. The number of amides is 1. The number of carbonyl (C=O) groups excluding carboxylic acids is 1. The highest BCUT2D eigenvalue weighted by molar-refractivity contribution is 6.30. The molecular formula is C11H15ClN2O2. The number of halogens is 1. The predicted molar refractivity (Wildman–Crippen MR) is 63.8 cm³/mol. The van der Waals surface area contributed by atoms with Crippen LogP contribution in [0.1, 0.15) is 5.56 Å². The third-order valence-electron chi connectivity index (χ3n) is 2.06. The molecule has 0 aromatic heterocycles. The largest absolute Gasteiger partial charge is 0.496 e. The van der Waals surface area contributed by atoms with Crippen molar-refractivity contribution in [3.8, 4) is 5.75 Å². The molecule has 0 aliphatic heterocycles. The Labute approximate surface area is 99.7 Å². The van der Waals surface area contributed by atoms with Crippen LogP contribution in [0.15, 0.2) is 18.2 Å². The van der Waals surface area contributed by atoms with Crippen molar-refractivity contribution in [3.63, 3.8) is 0 Å². The monoisotopic (exact) mass is 242 g/mol. The van der Waals surface area contributed by atoms with Crippen molar-refractivity contribution in [1.82, 2.24) is 5.32 Å². The average molecular weight is 243 g/mol. The molecule has 1 aromatic rings. The number of carbonyl (C=O) groups is 1. The summed E-state index contributed by atoms with van der Waals surface area (Å²) in [5.41, 5.74) is 6.06. The van der Waals surface area contributed by atoms with E-state index in [9.17, 15) is 4.79 Å². The summed E-state index contributed by atoms with van der Waals surface area (Å²) >= 11 is 5.85. The minimum Gasteiger partial charge on any atom is -0.496 e. The van der Waals surface area contributed by atoms with Gasteiger partial charge in [-0.15, -0.1) is 0 Å². The van der Waals surface area contributed by atoms with E-state index in [0.29, 0.717) is 23.9 Å². The summed E-state index contributed by atoms with van der Waals surface area (Å²) in [5.74, 6) is 0.568. The molecule has 16 heavy (non-hydrogen) atoms. The number of rotatable bonds is 5. The quantitative estimate of drug-likeness (QED) is 0.809. The summed E-state index contributed by atoms with van der Waals surface area (Å²) in [4.78, 5) is 11.5. The van der Waals surface area contributed by atoms with Crippen LogP contribution >= 0.6 is 11.6 Å². The van der Waals surface area contributed by atoms with Crippen LogP contribution in [-0.4, -0.2) is 26.1 Å². The van der Waals surface area contributed by atoms with Crippen LogP contribution in [-0.2, 0) is 11.2 Å². The van der Waals surface area contributed by atoms with Gasteiger partial charge in [-0.1, -0.05) is 11.6 Å². The summed E-state index contributed by atoms with van der Waals surface area (Å²) < 4.78 is 5.14. The summed E-state index contributed by atoms with van der Waals surface area (Å²) in [7, 11) is 1.56. The molecule has 3 N–H and O–H groups in total. The molecule has 0 aliphatic rings. The van der Waals surface area contributed by atoms with Crippen LogP contribution in [0.3, 0.4) is 0 Å². The fourth-order valence-corrected chi connectivity index (χ4v) is 1.53. The topological polar surface area (TPSA) is 64.3 Å². The zero-order chi connectivity index (χ0) is 12.0. The normalized spacial score (nSPS) is 9.94. The molecule has 0 saturated heterocycles. The average Bonchev–Trinajstić information content (AvgIpc) is 2.27. The highest BCUT2D eigenvalue weighted by Crippen LogP contribution is 2.22. The van der Waals surface area contributed by atoms with Gasteiger partial charge in [0, 0.05) is 23.7 Å². The van der Waals surface area contributed by atoms with Gasteiger partial charge in [-0.3, -0.25) is 4.79 Å². The molecule has 0 bridgehead atoms. The first kappa shape index (κ1) is 12.8. The predicted octanol–water partition coefficient (Wildman–Crippen LogP) is 0.966. The Morgan fingerprint density at radius 3 is 2.94 bits per heavy atom. The summed E-state index contributed by atoms with van der Waals surface area (Å²) in [6.07, 6.45) is 0.240. The van der Waals surface area contributed by atoms with Gasteiger partial charge in [0.2, 0.25) is 5.91 Å². The lowest BCUT2D eigenvalue weighted by atomic mass is 10.1. The number of nitrogens with one attached hydrogen (secondary N) is 1. The van der Waals surface area contributed by atoms with Crippen LogP contribution in [0, 0.1) is 0 Å². The van der Waals surface area contributed by atoms with Crippen molar-refractivity contribution in [3.05, 3.63) is 28.8 Å². The van der Waals surface area contributed by atoms with Crippen LogP contribution in [0.25, 0.3) is 0 Å². The molecule has 0 aliphatic carbocycles. The molecule has 1 rings (SSSR count). The van der Waals surface area contributed by atoms with Crippen LogP contribution in [0.2, 0.25) is 5.02 Å². The molecule has 88 valence electrons. The maximum atomic E-state index is 11.5. The first-order valence-corrected chi connectivity index (χ1v) is 5.34. The van der Waals surface area contributed by atoms with E-state index in [1.54, 1.807) is 25.3 Å². The van der Waals surface area contributed by atoms with Crippen molar-refractivity contribution in [2.75, 3.05) is 20.2 Å². The van der Waals surface area contributed by atoms with Gasteiger partial charge in [0.05, 0.1) is 13.5 Å². The molecule has 4 nitrogen and oxygen atoms in total. The van der Waals surface area contributed by atoms with Gasteiger partial charge in [-0.2, -0.15) is 0 Å². The van der Waals surface area contributed by atoms with Gasteiger partial charge in [0.25, 0.3) is 0 Å². The van der Waals surface area contributed by atoms with E-state index >= 15 is 0 Å². The molecule has 0 atom stereocenters. The fourth-order valence-electron chi connectivity index (χ4n) is 1.33. The molecule has 0 heterocycles. The van der Waals surface area contributed by atoms with Gasteiger partial charge in [0.1, 0.15) is 5.75 Å². The first-order chi connectivity index (χ1) is 7.67. The Morgan fingerprint density at radius 2 is 2.31 bits per heavy atom. The maximum absolute atomic E-state index is 11.5. The van der Waals surface area contributed by atoms with E-state index in [-0.39, 0.29) is 12.3 Å². The van der Waals surface area contributed by atoms with Crippen molar-refractivity contribution >= 4 is 17.5 Å². The smallest absolute Gasteiger partial charge is 0.224 e. The number of benzene rings is 1. The van der Waals surface area contributed by atoms with Gasteiger partial charge >= 0.3 is 0 Å². The molecule has 0 unspecified atom stereocenters. The number of ether oxygens (including phenoxy) is 1. The summed E-state index contributed by atoms with van der Waals surface area (Å²) in [6, 6.07) is 5.19. The molecular weight excluding hydrogens is 228 g/mol. The highest BCUT2D eigenvalue weighted by atomic mass is 35.5. The number of hydrogen-bond acceptors (Lipinski definition) is 3. The van der Waals surface area contributed by atoms with E-state index in [1.165, 1.54) is 0 Å². The fraction of sp³-hybridized carbons (Fsp3) is 0.364. The Kier molecular flexibility index (Phi) is 5.08. The van der Waals surface area contributed by atoms with E-state index in [2.05, 4.69) is 5.32 Å². The Balaban J connectivity index is 2.71. The van der Waals surface area contributed by atoms with Gasteiger partial charge in [0.15, 0.2) is 0 Å². The minimum atomic E-state index is -0.0917. The van der Waals surface area contributed by atoms with E-state index in [1.807, 2.05) is 0 Å². The van der Waals surface area contributed by atoms with Crippen LogP contribution in [0.4, 0.5) is 0 Å². The van der Waals surface area contributed by atoms with Crippen molar-refractivity contribution < 1.29 is 9.53 Å². The molecule has 1 amide bonds. The lowest BCUT2D eigenvalue weighted by Crippen LogP contribution is -2.30. The number of hydrogen-bond donors (Lipinski definition) is 2. The second-order valence-corrected chi connectivity index (χ2v) is 3.71. The lowest BCUT2D eigenvalue weighted by molar-refractivity contribution is -0.120. The molecule has 5 heteroatoms. The first-order valence-electron chi connectivity index (χ1n) is 4.96. The summed E-state index contributed by atoms with van der Waals surface area (Å²) in [5, 5.41) is 3.27. The van der Waals surface area contributed by atoms with Crippen LogP contribution in [0.5, 0.6) is 5.75 Å². The highest BCUT2D eigenvalue weighted by Gasteiger charge is 2.08. The molecule has 0 spiro atoms. The van der Waals surface area contributed by atoms with Gasteiger partial charge in [-0.25, -0.2) is 0 Å². The Hall–Kier alpha value is -1.26. The van der Waals surface area contributed by atoms with E-state index in [4.69, 9.17) is 22.1 Å². The summed E-state index contributed by atoms with van der Waals surface area (Å²) in [6.45, 7) is 0.903. The maximum Gasteiger partial charge on any atom is 0.224 e. The van der Waals surface area contributed by atoms with Crippen molar-refractivity contribution in [2.45, 2.75) is 6.42 Å². The lowest BCUT2D eigenvalue weighted by Gasteiger charge is -2.09. The third-order valence-corrected chi connectivity index (χ3v) is 2.30. The third kappa shape index (κ3) is 3.72. The van der Waals surface area contributed by atoms with E-state index in [0.717, 1.165) is 5.56 Å². The van der Waals surface area contributed by atoms with Crippen molar-refractivity contribution in [2.24, 2.45) is 5.73 Å². The van der Waals surface area contributed by atoms with Crippen molar-refractivity contribution in [1.29, 1.82) is 0 Å². The zero-order valence-electron chi connectivity index (χ0n) is 9.13. The second kappa shape index (κ2) is 6.35. The van der Waals surface area contributed by atoms with Gasteiger partial charge < -0.3 is 15.8 Å². The number of methoxy groups -OCH3 is 1. The Bertz CT molecular complexity index is 369. The molecule has 0 saturated carbocycles. The van der Waals surface area contributed by atoms with Crippen LogP contribution < -0.4 is 15.8 Å². The molecule has 0 radical (unpaired) electrons. The van der Waals surface area contributed by atoms with E-state index < -0.39 is 0 Å². The standard InChI is InChI=1S/C11H15ClN2O2/c1-16-10-3-2-9(12)6-8(10)7-11(15)14-5-4-13/h2-3,6H,4-5,7,13H2,1H3,(H,14,15).